The molecule has 0 spiro atoms. The highest BCUT2D eigenvalue weighted by atomic mass is 127. The maximum absolute atomic E-state index is 12.4. The maximum atomic E-state index is 12.4. The van der Waals surface area contributed by atoms with Crippen LogP contribution in [0.15, 0.2) is 42.5 Å². The number of ether oxygens (including phenoxy) is 1. The minimum absolute atomic E-state index is 0.0780. The summed E-state index contributed by atoms with van der Waals surface area (Å²) >= 11 is 2.21. The number of amides is 1. The van der Waals surface area contributed by atoms with Crippen molar-refractivity contribution in [1.29, 1.82) is 0 Å². The van der Waals surface area contributed by atoms with Crippen molar-refractivity contribution in [3.8, 4) is 0 Å². The predicted octanol–water partition coefficient (Wildman–Crippen LogP) is 3.69. The van der Waals surface area contributed by atoms with E-state index >= 15 is 0 Å². The van der Waals surface area contributed by atoms with Gasteiger partial charge in [0.1, 0.15) is 0 Å². The summed E-state index contributed by atoms with van der Waals surface area (Å²) in [6.45, 7) is 5.38. The van der Waals surface area contributed by atoms with Gasteiger partial charge < -0.3 is 15.0 Å². The van der Waals surface area contributed by atoms with Crippen molar-refractivity contribution in [2.75, 3.05) is 36.5 Å². The molecule has 120 valence electrons. The number of aryl methyl sites for hydroxylation is 1. The second-order valence-electron chi connectivity index (χ2n) is 5.56. The van der Waals surface area contributed by atoms with Crippen molar-refractivity contribution in [1.82, 2.24) is 0 Å². The van der Waals surface area contributed by atoms with E-state index in [0.29, 0.717) is 5.56 Å². The highest BCUT2D eigenvalue weighted by Crippen LogP contribution is 2.24. The number of rotatable bonds is 3. The lowest BCUT2D eigenvalue weighted by Crippen LogP contribution is -2.36. The number of carbonyl (C=O) groups is 1. The van der Waals surface area contributed by atoms with Gasteiger partial charge in [0.2, 0.25) is 0 Å². The third kappa shape index (κ3) is 4.03. The number of nitrogens with zero attached hydrogens (tertiary/aromatic N) is 1. The fourth-order valence-electron chi connectivity index (χ4n) is 2.63. The molecule has 23 heavy (non-hydrogen) atoms. The fraction of sp³-hybridized carbons (Fsp3) is 0.278. The van der Waals surface area contributed by atoms with Gasteiger partial charge in [-0.15, -0.1) is 0 Å². The summed E-state index contributed by atoms with van der Waals surface area (Å²) in [4.78, 5) is 14.7. The number of morpholine rings is 1. The molecule has 0 aliphatic carbocycles. The standard InChI is InChI=1S/C18H19IN2O2/c1-13-11-16(21-7-9-23-10-8-21)5-6-17(13)20-18(22)14-3-2-4-15(19)12-14/h2-6,11-12H,7-10H2,1H3,(H,20,22). The van der Waals surface area contributed by atoms with Crippen molar-refractivity contribution in [2.24, 2.45) is 0 Å². The molecule has 4 nitrogen and oxygen atoms in total. The third-order valence-corrected chi connectivity index (χ3v) is 4.59. The third-order valence-electron chi connectivity index (χ3n) is 3.92. The molecule has 1 aliphatic rings. The number of hydrogen-bond donors (Lipinski definition) is 1. The van der Waals surface area contributed by atoms with Crippen LogP contribution in [0.25, 0.3) is 0 Å². The predicted molar refractivity (Wildman–Crippen MR) is 101 cm³/mol. The van der Waals surface area contributed by atoms with Gasteiger partial charge in [-0.05, 0) is 71.5 Å². The first-order chi connectivity index (χ1) is 11.1. The van der Waals surface area contributed by atoms with Gasteiger partial charge >= 0.3 is 0 Å². The smallest absolute Gasteiger partial charge is 0.255 e. The largest absolute Gasteiger partial charge is 0.378 e. The zero-order chi connectivity index (χ0) is 16.2. The Morgan fingerprint density at radius 3 is 2.65 bits per heavy atom. The molecule has 1 amide bonds. The Kier molecular flexibility index (Phi) is 5.17. The van der Waals surface area contributed by atoms with Gasteiger partial charge in [0, 0.05) is 33.6 Å². The first kappa shape index (κ1) is 16.3. The van der Waals surface area contributed by atoms with Gasteiger partial charge in [-0.1, -0.05) is 6.07 Å². The summed E-state index contributed by atoms with van der Waals surface area (Å²) < 4.78 is 6.44. The van der Waals surface area contributed by atoms with Crippen LogP contribution in [0.5, 0.6) is 0 Å². The van der Waals surface area contributed by atoms with Crippen LogP contribution < -0.4 is 10.2 Å². The van der Waals surface area contributed by atoms with Crippen LogP contribution in [0.4, 0.5) is 11.4 Å². The molecule has 2 aromatic rings. The number of nitrogens with one attached hydrogen (secondary N) is 1. The molecule has 0 atom stereocenters. The Bertz CT molecular complexity index is 712. The number of anilines is 2. The second kappa shape index (κ2) is 7.31. The van der Waals surface area contributed by atoms with Crippen LogP contribution in [0.2, 0.25) is 0 Å². The Labute approximate surface area is 150 Å². The van der Waals surface area contributed by atoms with Crippen molar-refractivity contribution in [2.45, 2.75) is 6.92 Å². The molecule has 3 rings (SSSR count). The molecule has 0 saturated carbocycles. The van der Waals surface area contributed by atoms with Gasteiger partial charge in [0.25, 0.3) is 5.91 Å². The van der Waals surface area contributed by atoms with E-state index in [4.69, 9.17) is 4.74 Å². The average molecular weight is 422 g/mol. The molecule has 0 aromatic heterocycles. The first-order valence-corrected chi connectivity index (χ1v) is 8.71. The number of benzene rings is 2. The highest BCUT2D eigenvalue weighted by Gasteiger charge is 2.13. The Balaban J connectivity index is 1.74. The maximum Gasteiger partial charge on any atom is 0.255 e. The van der Waals surface area contributed by atoms with Crippen molar-refractivity contribution in [3.05, 3.63) is 57.2 Å². The molecular formula is C18H19IN2O2. The number of hydrogen-bond acceptors (Lipinski definition) is 3. The molecular weight excluding hydrogens is 403 g/mol. The Hall–Kier alpha value is -1.60. The van der Waals surface area contributed by atoms with Gasteiger partial charge in [-0.25, -0.2) is 0 Å². The monoisotopic (exact) mass is 422 g/mol. The molecule has 1 aliphatic heterocycles. The molecule has 0 unspecified atom stereocenters. The minimum Gasteiger partial charge on any atom is -0.378 e. The van der Waals surface area contributed by atoms with Gasteiger partial charge in [-0.3, -0.25) is 4.79 Å². The topological polar surface area (TPSA) is 41.6 Å². The highest BCUT2D eigenvalue weighted by molar-refractivity contribution is 14.1. The first-order valence-electron chi connectivity index (χ1n) is 7.64. The van der Waals surface area contributed by atoms with E-state index in [-0.39, 0.29) is 5.91 Å². The van der Waals surface area contributed by atoms with Crippen LogP contribution in [0, 0.1) is 10.5 Å². The Morgan fingerprint density at radius 2 is 1.96 bits per heavy atom. The van der Waals surface area contributed by atoms with Crippen molar-refractivity contribution >= 4 is 39.9 Å². The molecule has 1 heterocycles. The van der Waals surface area contributed by atoms with Gasteiger partial charge in [0.15, 0.2) is 0 Å². The summed E-state index contributed by atoms with van der Waals surface area (Å²) in [5, 5.41) is 3.00. The molecule has 0 bridgehead atoms. The van der Waals surface area contributed by atoms with E-state index < -0.39 is 0 Å². The second-order valence-corrected chi connectivity index (χ2v) is 6.81. The summed E-state index contributed by atoms with van der Waals surface area (Å²) in [5.74, 6) is -0.0780. The average Bonchev–Trinajstić information content (AvgIpc) is 2.57. The van der Waals surface area contributed by atoms with Crippen LogP contribution in [0.3, 0.4) is 0 Å². The van der Waals surface area contributed by atoms with Crippen LogP contribution in [-0.4, -0.2) is 32.2 Å². The van der Waals surface area contributed by atoms with E-state index in [1.54, 1.807) is 0 Å². The molecule has 5 heteroatoms. The lowest BCUT2D eigenvalue weighted by atomic mass is 10.1. The zero-order valence-corrected chi connectivity index (χ0v) is 15.2. The SMILES string of the molecule is Cc1cc(N2CCOCC2)ccc1NC(=O)c1cccc(I)c1. The van der Waals surface area contributed by atoms with Crippen molar-refractivity contribution in [3.63, 3.8) is 0 Å². The quantitative estimate of drug-likeness (QED) is 0.768. The van der Waals surface area contributed by atoms with Crippen LogP contribution in [0.1, 0.15) is 15.9 Å². The molecule has 2 aromatic carbocycles. The van der Waals surface area contributed by atoms with Gasteiger partial charge in [-0.2, -0.15) is 0 Å². The summed E-state index contributed by atoms with van der Waals surface area (Å²) in [7, 11) is 0. The normalized spacial score (nSPS) is 14.6. The molecule has 0 radical (unpaired) electrons. The minimum atomic E-state index is -0.0780. The summed E-state index contributed by atoms with van der Waals surface area (Å²) in [6.07, 6.45) is 0. The lowest BCUT2D eigenvalue weighted by molar-refractivity contribution is 0.102. The Morgan fingerprint density at radius 1 is 1.17 bits per heavy atom. The molecule has 1 N–H and O–H groups in total. The van der Waals surface area contributed by atoms with E-state index in [1.165, 1.54) is 5.69 Å². The number of halogens is 1. The zero-order valence-electron chi connectivity index (χ0n) is 13.0. The van der Waals surface area contributed by atoms with E-state index in [1.807, 2.05) is 37.3 Å². The molecule has 1 saturated heterocycles. The van der Waals surface area contributed by atoms with Crippen LogP contribution in [-0.2, 0) is 4.74 Å². The molecule has 1 fully saturated rings. The van der Waals surface area contributed by atoms with E-state index in [9.17, 15) is 4.79 Å². The van der Waals surface area contributed by atoms with E-state index in [2.05, 4.69) is 44.9 Å². The fourth-order valence-corrected chi connectivity index (χ4v) is 3.17. The van der Waals surface area contributed by atoms with E-state index in [0.717, 1.165) is 41.1 Å². The van der Waals surface area contributed by atoms with Crippen molar-refractivity contribution < 1.29 is 9.53 Å². The van der Waals surface area contributed by atoms with Crippen LogP contribution >= 0.6 is 22.6 Å². The lowest BCUT2D eigenvalue weighted by Gasteiger charge is -2.29. The van der Waals surface area contributed by atoms with Gasteiger partial charge in [0.05, 0.1) is 13.2 Å². The number of carbonyl (C=O) groups excluding carboxylic acids is 1. The summed E-state index contributed by atoms with van der Waals surface area (Å²) in [5.41, 5.74) is 3.77. The summed E-state index contributed by atoms with van der Waals surface area (Å²) in [6, 6.07) is 13.7.